The number of halogens is 1. The molecule has 28 heavy (non-hydrogen) atoms. The molecule has 10 heteroatoms. The predicted octanol–water partition coefficient (Wildman–Crippen LogP) is 2.33. The molecule has 0 aliphatic rings. The molecule has 0 aromatic heterocycles. The summed E-state index contributed by atoms with van der Waals surface area (Å²) in [5, 5.41) is 24.2. The molecule has 2 aromatic rings. The van der Waals surface area contributed by atoms with Crippen molar-refractivity contribution in [1.29, 1.82) is 0 Å². The fraction of sp³-hybridized carbons (Fsp3) is 0.0556. The maximum absolute atomic E-state index is 12.5. The highest BCUT2D eigenvalue weighted by molar-refractivity contribution is 9.10. The SMILES string of the molecule is O=C(O)CNC(=O)/C(=C\c1cccc([N+](=O)[O-])c1)NC(=O)c1ccccc1Br. The number of hydrogen-bond donors (Lipinski definition) is 3. The normalized spacial score (nSPS) is 10.8. The van der Waals surface area contributed by atoms with E-state index >= 15 is 0 Å². The molecule has 0 bridgehead atoms. The highest BCUT2D eigenvalue weighted by Crippen LogP contribution is 2.18. The van der Waals surface area contributed by atoms with Gasteiger partial charge in [0.25, 0.3) is 17.5 Å². The Balaban J connectivity index is 2.36. The van der Waals surface area contributed by atoms with Crippen LogP contribution in [0.3, 0.4) is 0 Å². The summed E-state index contributed by atoms with van der Waals surface area (Å²) in [6.07, 6.45) is 1.22. The number of carboxylic acid groups (broad SMARTS) is 1. The number of nitro groups is 1. The van der Waals surface area contributed by atoms with E-state index < -0.39 is 29.3 Å². The molecule has 2 aromatic carbocycles. The zero-order valence-electron chi connectivity index (χ0n) is 14.2. The zero-order valence-corrected chi connectivity index (χ0v) is 15.8. The van der Waals surface area contributed by atoms with E-state index in [1.54, 1.807) is 18.2 Å². The number of nitro benzene ring substituents is 1. The summed E-state index contributed by atoms with van der Waals surface area (Å²) in [6, 6.07) is 11.9. The number of nitrogens with zero attached hydrogens (tertiary/aromatic N) is 1. The second-order valence-electron chi connectivity index (χ2n) is 5.42. The van der Waals surface area contributed by atoms with Crippen molar-refractivity contribution in [3.05, 3.63) is 79.9 Å². The number of nitrogens with one attached hydrogen (secondary N) is 2. The first-order valence-corrected chi connectivity index (χ1v) is 8.59. The minimum Gasteiger partial charge on any atom is -0.480 e. The van der Waals surface area contributed by atoms with Crippen molar-refractivity contribution < 1.29 is 24.4 Å². The summed E-state index contributed by atoms with van der Waals surface area (Å²) in [5.41, 5.74) is 0.0688. The van der Waals surface area contributed by atoms with Gasteiger partial charge in [0, 0.05) is 16.6 Å². The van der Waals surface area contributed by atoms with E-state index in [4.69, 9.17) is 5.11 Å². The Morgan fingerprint density at radius 2 is 1.86 bits per heavy atom. The maximum Gasteiger partial charge on any atom is 0.322 e. The Bertz CT molecular complexity index is 973. The highest BCUT2D eigenvalue weighted by atomic mass is 79.9. The van der Waals surface area contributed by atoms with Gasteiger partial charge < -0.3 is 15.7 Å². The number of amides is 2. The first-order valence-electron chi connectivity index (χ1n) is 7.80. The van der Waals surface area contributed by atoms with Crippen LogP contribution in [-0.2, 0) is 9.59 Å². The molecule has 2 amide bonds. The maximum atomic E-state index is 12.5. The van der Waals surface area contributed by atoms with Crippen LogP contribution in [0.1, 0.15) is 15.9 Å². The largest absolute Gasteiger partial charge is 0.480 e. The molecule has 0 saturated carbocycles. The molecule has 2 rings (SSSR count). The molecule has 0 atom stereocenters. The topological polar surface area (TPSA) is 139 Å². The fourth-order valence-corrected chi connectivity index (χ4v) is 2.60. The molecule has 9 nitrogen and oxygen atoms in total. The van der Waals surface area contributed by atoms with Crippen LogP contribution in [-0.4, -0.2) is 34.4 Å². The van der Waals surface area contributed by atoms with Crippen molar-refractivity contribution in [3.63, 3.8) is 0 Å². The molecule has 0 radical (unpaired) electrons. The lowest BCUT2D eigenvalue weighted by Gasteiger charge is -2.11. The lowest BCUT2D eigenvalue weighted by Crippen LogP contribution is -2.37. The second kappa shape index (κ2) is 9.42. The minimum absolute atomic E-state index is 0.198. The number of carboxylic acids is 1. The third-order valence-electron chi connectivity index (χ3n) is 3.40. The Hall–Kier alpha value is -3.53. The summed E-state index contributed by atoms with van der Waals surface area (Å²) in [7, 11) is 0. The smallest absolute Gasteiger partial charge is 0.322 e. The number of carbonyl (C=O) groups excluding carboxylic acids is 2. The van der Waals surface area contributed by atoms with Crippen molar-refractivity contribution in [3.8, 4) is 0 Å². The second-order valence-corrected chi connectivity index (χ2v) is 6.27. The van der Waals surface area contributed by atoms with Crippen LogP contribution in [0, 0.1) is 10.1 Å². The van der Waals surface area contributed by atoms with Crippen molar-refractivity contribution in [1.82, 2.24) is 10.6 Å². The Kier molecular flexibility index (Phi) is 6.99. The van der Waals surface area contributed by atoms with Crippen LogP contribution in [0.2, 0.25) is 0 Å². The molecule has 3 N–H and O–H groups in total. The van der Waals surface area contributed by atoms with Crippen molar-refractivity contribution in [2.75, 3.05) is 6.54 Å². The zero-order chi connectivity index (χ0) is 20.7. The van der Waals surface area contributed by atoms with E-state index in [1.807, 2.05) is 0 Å². The number of aliphatic carboxylic acids is 1. The van der Waals surface area contributed by atoms with Crippen LogP contribution in [0.15, 0.2) is 58.7 Å². The minimum atomic E-state index is -1.26. The van der Waals surface area contributed by atoms with E-state index in [2.05, 4.69) is 26.6 Å². The van der Waals surface area contributed by atoms with Gasteiger partial charge in [-0.1, -0.05) is 24.3 Å². The Morgan fingerprint density at radius 1 is 1.14 bits per heavy atom. The molecule has 0 spiro atoms. The van der Waals surface area contributed by atoms with Gasteiger partial charge in [0.15, 0.2) is 0 Å². The Labute approximate surface area is 167 Å². The van der Waals surface area contributed by atoms with Gasteiger partial charge in [0.2, 0.25) is 0 Å². The molecular formula is C18H14BrN3O6. The van der Waals surface area contributed by atoms with Gasteiger partial charge >= 0.3 is 5.97 Å². The van der Waals surface area contributed by atoms with Crippen molar-refractivity contribution >= 4 is 45.5 Å². The standard InChI is InChI=1S/C18H14BrN3O6/c19-14-7-2-1-6-13(14)17(25)21-15(18(26)20-10-16(23)24)9-11-4-3-5-12(8-11)22(27)28/h1-9H,10H2,(H,20,26)(H,21,25)(H,23,24)/b15-9+. The third-order valence-corrected chi connectivity index (χ3v) is 4.10. The first kappa shape index (κ1) is 20.8. The predicted molar refractivity (Wildman–Crippen MR) is 103 cm³/mol. The number of non-ortho nitro benzene ring substituents is 1. The van der Waals surface area contributed by atoms with Gasteiger partial charge in [-0.3, -0.25) is 24.5 Å². The molecule has 144 valence electrons. The van der Waals surface area contributed by atoms with Crippen LogP contribution >= 0.6 is 15.9 Å². The molecule has 0 unspecified atom stereocenters. The van der Waals surface area contributed by atoms with E-state index in [1.165, 1.54) is 36.4 Å². The van der Waals surface area contributed by atoms with Gasteiger partial charge in [-0.25, -0.2) is 0 Å². The summed E-state index contributed by atoms with van der Waals surface area (Å²) in [6.45, 7) is -0.657. The number of rotatable bonds is 7. The van der Waals surface area contributed by atoms with Crippen molar-refractivity contribution in [2.45, 2.75) is 0 Å². The number of hydrogen-bond acceptors (Lipinski definition) is 5. The summed E-state index contributed by atoms with van der Waals surface area (Å²) in [4.78, 5) is 45.8. The summed E-state index contributed by atoms with van der Waals surface area (Å²) >= 11 is 3.23. The van der Waals surface area contributed by atoms with Crippen LogP contribution in [0.25, 0.3) is 6.08 Å². The lowest BCUT2D eigenvalue weighted by atomic mass is 10.1. The van der Waals surface area contributed by atoms with Gasteiger partial charge in [-0.05, 0) is 39.7 Å². The molecule has 0 aliphatic heterocycles. The van der Waals surface area contributed by atoms with E-state index in [-0.39, 0.29) is 22.5 Å². The first-order chi connectivity index (χ1) is 13.3. The lowest BCUT2D eigenvalue weighted by molar-refractivity contribution is -0.384. The van der Waals surface area contributed by atoms with Crippen LogP contribution in [0.5, 0.6) is 0 Å². The average molecular weight is 448 g/mol. The molecule has 0 heterocycles. The fourth-order valence-electron chi connectivity index (χ4n) is 2.14. The third kappa shape index (κ3) is 5.74. The van der Waals surface area contributed by atoms with Gasteiger partial charge in [0.1, 0.15) is 12.2 Å². The molecule has 0 aliphatic carbocycles. The molecular weight excluding hydrogens is 434 g/mol. The van der Waals surface area contributed by atoms with Crippen LogP contribution < -0.4 is 10.6 Å². The highest BCUT2D eigenvalue weighted by Gasteiger charge is 2.17. The molecule has 0 saturated heterocycles. The van der Waals surface area contributed by atoms with E-state index in [0.29, 0.717) is 4.47 Å². The average Bonchev–Trinajstić information content (AvgIpc) is 2.66. The van der Waals surface area contributed by atoms with Crippen LogP contribution in [0.4, 0.5) is 5.69 Å². The van der Waals surface area contributed by atoms with Crippen molar-refractivity contribution in [2.24, 2.45) is 0 Å². The Morgan fingerprint density at radius 3 is 2.50 bits per heavy atom. The summed E-state index contributed by atoms with van der Waals surface area (Å²) in [5.74, 6) is -2.73. The van der Waals surface area contributed by atoms with Gasteiger partial charge in [0.05, 0.1) is 10.5 Å². The van der Waals surface area contributed by atoms with E-state index in [0.717, 1.165) is 0 Å². The monoisotopic (exact) mass is 447 g/mol. The van der Waals surface area contributed by atoms with Gasteiger partial charge in [-0.2, -0.15) is 0 Å². The number of carbonyl (C=O) groups is 3. The van der Waals surface area contributed by atoms with E-state index in [9.17, 15) is 24.5 Å². The summed E-state index contributed by atoms with van der Waals surface area (Å²) < 4.78 is 0.494. The molecule has 0 fully saturated rings. The van der Waals surface area contributed by atoms with Gasteiger partial charge in [-0.15, -0.1) is 0 Å². The number of benzene rings is 2. The quantitative estimate of drug-likeness (QED) is 0.338.